The largest absolute Gasteiger partial charge is 0.459 e. The number of fused-ring (bicyclic) bond motifs is 1. The van der Waals surface area contributed by atoms with E-state index in [1.807, 2.05) is 0 Å². The van der Waals surface area contributed by atoms with Crippen LogP contribution in [-0.4, -0.2) is 24.4 Å². The first-order valence-electron chi connectivity index (χ1n) is 7.52. The molecule has 2 N–H and O–H groups in total. The van der Waals surface area contributed by atoms with Crippen molar-refractivity contribution in [1.82, 2.24) is 4.98 Å². The lowest BCUT2D eigenvalue weighted by molar-refractivity contribution is -0.290. The number of pyridine rings is 1. The number of para-hydroxylation sites is 1. The highest BCUT2D eigenvalue weighted by Crippen LogP contribution is 2.54. The van der Waals surface area contributed by atoms with Crippen LogP contribution in [0, 0.1) is 0 Å². The van der Waals surface area contributed by atoms with Gasteiger partial charge in [-0.3, -0.25) is 4.57 Å². The zero-order chi connectivity index (χ0) is 19.8. The fourth-order valence-electron chi connectivity index (χ4n) is 2.36. The molecule has 0 aliphatic heterocycles. The third-order valence-electron chi connectivity index (χ3n) is 3.43. The molecule has 1 heterocycles. The number of hydrogen-bond donors (Lipinski definition) is 1. The van der Waals surface area contributed by atoms with Gasteiger partial charge >= 0.3 is 19.7 Å². The summed E-state index contributed by atoms with van der Waals surface area (Å²) in [5, 5.41) is -1.01. The van der Waals surface area contributed by atoms with E-state index in [1.54, 1.807) is 0 Å². The van der Waals surface area contributed by atoms with E-state index in [2.05, 4.69) is 4.98 Å². The van der Waals surface area contributed by atoms with E-state index < -0.39 is 36.4 Å². The Balaban J connectivity index is 2.96. The predicted molar refractivity (Wildman–Crippen MR) is 86.6 cm³/mol. The molecule has 1 aromatic carbocycles. The van der Waals surface area contributed by atoms with Gasteiger partial charge in [-0.2, -0.15) is 22.0 Å². The van der Waals surface area contributed by atoms with Crippen LogP contribution in [0.1, 0.15) is 19.5 Å². The predicted octanol–water partition coefficient (Wildman–Crippen LogP) is 4.36. The van der Waals surface area contributed by atoms with Crippen molar-refractivity contribution in [2.45, 2.75) is 25.9 Å². The van der Waals surface area contributed by atoms with Gasteiger partial charge in [0.2, 0.25) is 0 Å². The second-order valence-electron chi connectivity index (χ2n) is 5.15. The number of nitrogen functional groups attached to an aromatic ring is 1. The van der Waals surface area contributed by atoms with Gasteiger partial charge in [0, 0.05) is 5.39 Å². The number of nitrogens with two attached hydrogens (primary N) is 1. The molecule has 1 aromatic heterocycles. The van der Waals surface area contributed by atoms with Crippen molar-refractivity contribution in [3.05, 3.63) is 30.0 Å². The molecular weight excluding hydrogens is 382 g/mol. The van der Waals surface area contributed by atoms with Crippen molar-refractivity contribution in [3.8, 4) is 0 Å². The molecule has 144 valence electrons. The Morgan fingerprint density at radius 3 is 2.12 bits per heavy atom. The van der Waals surface area contributed by atoms with Crippen LogP contribution in [0.25, 0.3) is 10.9 Å². The van der Waals surface area contributed by atoms with E-state index in [4.69, 9.17) is 14.8 Å². The molecule has 0 amide bonds. The van der Waals surface area contributed by atoms with E-state index in [0.29, 0.717) is 0 Å². The Labute approximate surface area is 145 Å². The number of hydrogen-bond acceptors (Lipinski definition) is 5. The maximum Gasteiger partial charge on any atom is 0.459 e. The maximum absolute atomic E-state index is 14.2. The van der Waals surface area contributed by atoms with Gasteiger partial charge in [0.1, 0.15) is 11.0 Å². The first kappa shape index (κ1) is 20.5. The lowest BCUT2D eigenvalue weighted by Crippen LogP contribution is -2.40. The molecule has 0 fully saturated rings. The summed E-state index contributed by atoms with van der Waals surface area (Å²) in [5.41, 5.74) is 3.29. The minimum absolute atomic E-state index is 0.0591. The van der Waals surface area contributed by atoms with E-state index in [-0.39, 0.29) is 24.1 Å². The highest BCUT2D eigenvalue weighted by Gasteiger charge is 2.62. The standard InChI is InChI=1S/C15H16F5N2O3P/c1-3-24-26(23,25-4-2)12-11(21)9-7-5-6-8-10(9)22-13(12)14(16,17)15(18,19)20/h5-8H,3-4H2,1-2H3,(H2,21,22). The molecule has 0 radical (unpaired) electrons. The monoisotopic (exact) mass is 398 g/mol. The zero-order valence-corrected chi connectivity index (χ0v) is 14.7. The van der Waals surface area contributed by atoms with Crippen LogP contribution in [-0.2, 0) is 19.5 Å². The zero-order valence-electron chi connectivity index (χ0n) is 13.8. The quantitative estimate of drug-likeness (QED) is 0.578. The second-order valence-corrected chi connectivity index (χ2v) is 7.10. The maximum atomic E-state index is 14.2. The summed E-state index contributed by atoms with van der Waals surface area (Å²) in [6.07, 6.45) is -5.98. The average molecular weight is 398 g/mol. The van der Waals surface area contributed by atoms with Crippen LogP contribution < -0.4 is 11.0 Å². The minimum Gasteiger partial charge on any atom is -0.397 e. The number of benzene rings is 1. The molecule has 0 unspecified atom stereocenters. The molecule has 26 heavy (non-hydrogen) atoms. The Bertz CT molecular complexity index is 847. The third-order valence-corrected chi connectivity index (χ3v) is 5.63. The average Bonchev–Trinajstić information content (AvgIpc) is 2.54. The van der Waals surface area contributed by atoms with Crippen LogP contribution >= 0.6 is 7.60 Å². The van der Waals surface area contributed by atoms with Crippen molar-refractivity contribution in [2.24, 2.45) is 0 Å². The number of anilines is 1. The van der Waals surface area contributed by atoms with Crippen molar-refractivity contribution in [1.29, 1.82) is 0 Å². The molecule has 0 aliphatic rings. The molecular formula is C15H16F5N2O3P. The highest BCUT2D eigenvalue weighted by atomic mass is 31.2. The summed E-state index contributed by atoms with van der Waals surface area (Å²) in [5.74, 6) is -5.41. The van der Waals surface area contributed by atoms with Gasteiger partial charge < -0.3 is 14.8 Å². The van der Waals surface area contributed by atoms with Crippen LogP contribution in [0.2, 0.25) is 0 Å². The smallest absolute Gasteiger partial charge is 0.397 e. The highest BCUT2D eigenvalue weighted by molar-refractivity contribution is 7.62. The van der Waals surface area contributed by atoms with Crippen molar-refractivity contribution >= 4 is 29.5 Å². The Hall–Kier alpha value is -1.77. The summed E-state index contributed by atoms with van der Waals surface area (Å²) in [7, 11) is -4.58. The molecule has 0 saturated heterocycles. The Morgan fingerprint density at radius 2 is 1.62 bits per heavy atom. The molecule has 0 atom stereocenters. The fourth-order valence-corrected chi connectivity index (χ4v) is 4.24. The molecule has 0 aliphatic carbocycles. The summed E-state index contributed by atoms with van der Waals surface area (Å²) >= 11 is 0. The Kier molecular flexibility index (Phi) is 5.60. The molecule has 11 heteroatoms. The molecule has 0 spiro atoms. The molecule has 5 nitrogen and oxygen atoms in total. The van der Waals surface area contributed by atoms with Crippen LogP contribution in [0.3, 0.4) is 0 Å². The van der Waals surface area contributed by atoms with E-state index in [0.717, 1.165) is 0 Å². The lowest BCUT2D eigenvalue weighted by atomic mass is 10.1. The van der Waals surface area contributed by atoms with Gasteiger partial charge in [-0.1, -0.05) is 18.2 Å². The van der Waals surface area contributed by atoms with Crippen molar-refractivity contribution in [3.63, 3.8) is 0 Å². The molecule has 0 bridgehead atoms. The van der Waals surface area contributed by atoms with Crippen LogP contribution in [0.5, 0.6) is 0 Å². The summed E-state index contributed by atoms with van der Waals surface area (Å²) in [4.78, 5) is 3.42. The number of rotatable bonds is 6. The fraction of sp³-hybridized carbons (Fsp3) is 0.400. The molecule has 2 rings (SSSR count). The molecule has 0 saturated carbocycles. The number of nitrogens with zero attached hydrogens (tertiary/aromatic N) is 1. The topological polar surface area (TPSA) is 74.4 Å². The lowest BCUT2D eigenvalue weighted by Gasteiger charge is -2.26. The first-order chi connectivity index (χ1) is 12.0. The van der Waals surface area contributed by atoms with Gasteiger partial charge in [0.05, 0.1) is 24.4 Å². The summed E-state index contributed by atoms with van der Waals surface area (Å²) in [6.45, 7) is 2.25. The molecule has 2 aromatic rings. The van der Waals surface area contributed by atoms with E-state index in [1.165, 1.54) is 38.1 Å². The van der Waals surface area contributed by atoms with Gasteiger partial charge in [-0.15, -0.1) is 0 Å². The Morgan fingerprint density at radius 1 is 1.08 bits per heavy atom. The minimum atomic E-state index is -5.98. The normalized spacial score (nSPS) is 13.3. The van der Waals surface area contributed by atoms with Crippen LogP contribution in [0.15, 0.2) is 24.3 Å². The van der Waals surface area contributed by atoms with E-state index >= 15 is 0 Å². The van der Waals surface area contributed by atoms with Gasteiger partial charge in [-0.25, -0.2) is 4.98 Å². The van der Waals surface area contributed by atoms with Gasteiger partial charge in [-0.05, 0) is 19.9 Å². The number of alkyl halides is 5. The summed E-state index contributed by atoms with van der Waals surface area (Å²) < 4.78 is 90.2. The summed E-state index contributed by atoms with van der Waals surface area (Å²) in [6, 6.07) is 5.46. The SMILES string of the molecule is CCOP(=O)(OCC)c1c(C(F)(F)C(F)(F)F)nc2ccccc2c1N. The van der Waals surface area contributed by atoms with Crippen molar-refractivity contribution < 1.29 is 35.6 Å². The third kappa shape index (κ3) is 3.41. The van der Waals surface area contributed by atoms with E-state index in [9.17, 15) is 26.5 Å². The van der Waals surface area contributed by atoms with Gasteiger partial charge in [0.15, 0.2) is 0 Å². The number of aromatic nitrogens is 1. The first-order valence-corrected chi connectivity index (χ1v) is 9.06. The van der Waals surface area contributed by atoms with Crippen molar-refractivity contribution in [2.75, 3.05) is 18.9 Å². The second kappa shape index (κ2) is 7.09. The van der Waals surface area contributed by atoms with Gasteiger partial charge in [0.25, 0.3) is 0 Å². The number of halogens is 5. The van der Waals surface area contributed by atoms with Crippen LogP contribution in [0.4, 0.5) is 27.6 Å².